The second-order valence-corrected chi connectivity index (χ2v) is 8.39. The number of nitrogens with two attached hydrogens (primary N) is 1. The molecule has 196 valence electrons. The average molecular weight is 523 g/mol. The number of nitro benzene ring substituents is 1. The van der Waals surface area contributed by atoms with Gasteiger partial charge in [-0.25, -0.2) is 14.8 Å². The quantitative estimate of drug-likeness (QED) is 0.197. The fraction of sp³-hybridized carbons (Fsp3) is 0.208. The van der Waals surface area contributed by atoms with Crippen molar-refractivity contribution in [2.45, 2.75) is 20.0 Å². The third-order valence-electron chi connectivity index (χ3n) is 5.47. The van der Waals surface area contributed by atoms with Crippen molar-refractivity contribution in [1.29, 1.82) is 0 Å². The first kappa shape index (κ1) is 25.9. The Balaban J connectivity index is 1.94. The molecule has 38 heavy (non-hydrogen) atoms. The number of primary amides is 1. The summed E-state index contributed by atoms with van der Waals surface area (Å²) in [6, 6.07) is 4.81. The van der Waals surface area contributed by atoms with Gasteiger partial charge in [0.1, 0.15) is 11.3 Å². The van der Waals surface area contributed by atoms with Crippen molar-refractivity contribution in [3.63, 3.8) is 0 Å². The van der Waals surface area contributed by atoms with Gasteiger partial charge in [-0.15, -0.1) is 0 Å². The van der Waals surface area contributed by atoms with Crippen LogP contribution in [-0.2, 0) is 11.8 Å². The lowest BCUT2D eigenvalue weighted by Gasteiger charge is -2.15. The molecule has 0 unspecified atom stereocenters. The van der Waals surface area contributed by atoms with Gasteiger partial charge < -0.3 is 20.5 Å². The van der Waals surface area contributed by atoms with Crippen LogP contribution in [-0.4, -0.2) is 49.8 Å². The molecule has 2 aromatic heterocycles. The molecule has 0 bridgehead atoms. The molecule has 4 aromatic rings. The normalized spacial score (nSPS) is 11.0. The zero-order chi connectivity index (χ0) is 27.7. The van der Waals surface area contributed by atoms with E-state index in [2.05, 4.69) is 20.4 Å². The topological polar surface area (TPSA) is 177 Å². The fourth-order valence-electron chi connectivity index (χ4n) is 3.73. The average Bonchev–Trinajstić information content (AvgIpc) is 3.24. The lowest BCUT2D eigenvalue weighted by atomic mass is 10.00. The molecule has 0 spiro atoms. The van der Waals surface area contributed by atoms with Gasteiger partial charge in [0.15, 0.2) is 0 Å². The molecule has 1 amide bonds. The Bertz CT molecular complexity index is 1600. The predicted molar refractivity (Wildman–Crippen MR) is 134 cm³/mol. The van der Waals surface area contributed by atoms with Crippen LogP contribution >= 0.6 is 0 Å². The maximum Gasteiger partial charge on any atom is 0.342 e. The number of aromatic nitrogens is 4. The number of esters is 1. The number of hydrogen-bond acceptors (Lipinski definition) is 10. The molecule has 4 rings (SSSR count). The van der Waals surface area contributed by atoms with Crippen molar-refractivity contribution >= 4 is 40.1 Å². The highest BCUT2D eigenvalue weighted by Gasteiger charge is 2.24. The van der Waals surface area contributed by atoms with E-state index in [0.717, 1.165) is 12.1 Å². The number of rotatable bonds is 8. The highest BCUT2D eigenvalue weighted by Crippen LogP contribution is 2.35. The van der Waals surface area contributed by atoms with Crippen molar-refractivity contribution in [2.75, 3.05) is 12.4 Å². The number of aryl methyl sites for hydroxylation is 1. The zero-order valence-electron chi connectivity index (χ0n) is 20.7. The zero-order valence-corrected chi connectivity index (χ0v) is 20.7. The van der Waals surface area contributed by atoms with Crippen LogP contribution < -0.4 is 15.8 Å². The van der Waals surface area contributed by atoms with Crippen LogP contribution in [0.25, 0.3) is 22.2 Å². The van der Waals surface area contributed by atoms with Crippen molar-refractivity contribution in [1.82, 2.24) is 19.7 Å². The van der Waals surface area contributed by atoms with E-state index in [1.807, 2.05) is 0 Å². The van der Waals surface area contributed by atoms with Gasteiger partial charge in [0.2, 0.25) is 17.7 Å². The van der Waals surface area contributed by atoms with Crippen LogP contribution in [0.1, 0.15) is 34.6 Å². The monoisotopic (exact) mass is 523 g/mol. The Kier molecular flexibility index (Phi) is 6.88. The highest BCUT2D eigenvalue weighted by atomic mass is 19.1. The van der Waals surface area contributed by atoms with Crippen molar-refractivity contribution < 1.29 is 28.4 Å². The highest BCUT2D eigenvalue weighted by molar-refractivity contribution is 6.06. The third-order valence-corrected chi connectivity index (χ3v) is 5.47. The van der Waals surface area contributed by atoms with Gasteiger partial charge in [-0.3, -0.25) is 19.6 Å². The number of ether oxygens (including phenoxy) is 2. The van der Waals surface area contributed by atoms with Crippen LogP contribution in [0.5, 0.6) is 5.75 Å². The molecule has 0 saturated heterocycles. The van der Waals surface area contributed by atoms with Crippen LogP contribution in [0, 0.1) is 15.9 Å². The Morgan fingerprint density at radius 1 is 1.21 bits per heavy atom. The summed E-state index contributed by atoms with van der Waals surface area (Å²) in [4.78, 5) is 44.0. The number of amides is 1. The summed E-state index contributed by atoms with van der Waals surface area (Å²) < 4.78 is 26.1. The molecule has 0 aliphatic heterocycles. The number of benzene rings is 2. The summed E-state index contributed by atoms with van der Waals surface area (Å²) >= 11 is 0. The van der Waals surface area contributed by atoms with E-state index in [1.54, 1.807) is 27.0 Å². The van der Waals surface area contributed by atoms with Crippen LogP contribution in [0.15, 0.2) is 36.7 Å². The van der Waals surface area contributed by atoms with Gasteiger partial charge in [0.25, 0.3) is 0 Å². The first-order valence-corrected chi connectivity index (χ1v) is 11.1. The number of methoxy groups -OCH3 is 1. The van der Waals surface area contributed by atoms with Gasteiger partial charge >= 0.3 is 11.7 Å². The first-order valence-electron chi connectivity index (χ1n) is 11.1. The van der Waals surface area contributed by atoms with Crippen molar-refractivity contribution in [2.24, 2.45) is 12.8 Å². The van der Waals surface area contributed by atoms with Gasteiger partial charge in [-0.05, 0) is 26.0 Å². The minimum atomic E-state index is -1.09. The summed E-state index contributed by atoms with van der Waals surface area (Å²) in [5.41, 5.74) is 5.83. The Labute approximate surface area is 214 Å². The van der Waals surface area contributed by atoms with E-state index < -0.39 is 34.4 Å². The summed E-state index contributed by atoms with van der Waals surface area (Å²) in [5, 5.41) is 18.8. The second-order valence-electron chi connectivity index (χ2n) is 8.39. The molecule has 0 radical (unpaired) electrons. The fourth-order valence-corrected chi connectivity index (χ4v) is 3.73. The Morgan fingerprint density at radius 2 is 1.95 bits per heavy atom. The molecule has 0 atom stereocenters. The first-order chi connectivity index (χ1) is 18.0. The van der Waals surface area contributed by atoms with E-state index in [0.29, 0.717) is 16.5 Å². The molecule has 13 nitrogen and oxygen atoms in total. The summed E-state index contributed by atoms with van der Waals surface area (Å²) in [6.45, 7) is 3.35. The molecular formula is C24H22FN7O6. The third kappa shape index (κ3) is 4.91. The van der Waals surface area contributed by atoms with Crippen LogP contribution in [0.3, 0.4) is 0 Å². The number of nitrogens with one attached hydrogen (secondary N) is 1. The van der Waals surface area contributed by atoms with Crippen molar-refractivity contribution in [3.8, 4) is 17.0 Å². The second kappa shape index (κ2) is 10.1. The number of nitrogens with zero attached hydrogens (tertiary/aromatic N) is 5. The number of carbonyl (C=O) groups is 2. The maximum absolute atomic E-state index is 14.1. The van der Waals surface area contributed by atoms with Gasteiger partial charge in [0.05, 0.1) is 41.2 Å². The van der Waals surface area contributed by atoms with E-state index in [9.17, 15) is 24.1 Å². The molecule has 0 saturated carbocycles. The summed E-state index contributed by atoms with van der Waals surface area (Å²) in [7, 11) is 2.93. The largest absolute Gasteiger partial charge is 0.494 e. The van der Waals surface area contributed by atoms with E-state index in [1.165, 1.54) is 30.3 Å². The number of hydrogen-bond donors (Lipinski definition) is 2. The smallest absolute Gasteiger partial charge is 0.342 e. The molecule has 0 aliphatic carbocycles. The SMILES string of the molecule is COc1cc(F)c([N+](=O)[O-])cc1Nc1ncc(C(=O)OC(C)C)c(-c2cc(C(N)=O)cc3c2cnn3C)n1. The minimum Gasteiger partial charge on any atom is -0.494 e. The maximum atomic E-state index is 14.1. The predicted octanol–water partition coefficient (Wildman–Crippen LogP) is 3.49. The number of nitro groups is 1. The van der Waals surface area contributed by atoms with E-state index in [-0.39, 0.29) is 34.2 Å². The van der Waals surface area contributed by atoms with Crippen LogP contribution in [0.2, 0.25) is 0 Å². The van der Waals surface area contributed by atoms with E-state index >= 15 is 0 Å². The van der Waals surface area contributed by atoms with Gasteiger partial charge in [-0.1, -0.05) is 0 Å². The lowest BCUT2D eigenvalue weighted by Crippen LogP contribution is -2.15. The number of halogens is 1. The number of carbonyl (C=O) groups excluding carboxylic acids is 2. The molecular weight excluding hydrogens is 501 g/mol. The van der Waals surface area contributed by atoms with Crippen LogP contribution in [0.4, 0.5) is 21.7 Å². The molecule has 3 N–H and O–H groups in total. The molecule has 2 aromatic carbocycles. The number of anilines is 2. The van der Waals surface area contributed by atoms with Gasteiger partial charge in [0, 0.05) is 41.9 Å². The Hall–Kier alpha value is -5.14. The lowest BCUT2D eigenvalue weighted by molar-refractivity contribution is -0.387. The standard InChI is InChI=1S/C24H22FN7O6/c1-11(2)38-23(34)15-9-27-24(29-17-8-19(32(35)36)16(25)7-20(17)37-4)30-21(15)13-5-12(22(26)33)6-18-14(13)10-28-31(18)3/h5-11H,1-4H3,(H2,26,33)(H,27,29,30). The molecule has 2 heterocycles. The molecule has 0 aliphatic rings. The molecule has 14 heteroatoms. The van der Waals surface area contributed by atoms with Gasteiger partial charge in [-0.2, -0.15) is 9.49 Å². The minimum absolute atomic E-state index is 0.00136. The van der Waals surface area contributed by atoms with E-state index in [4.69, 9.17) is 15.2 Å². The Morgan fingerprint density at radius 3 is 2.58 bits per heavy atom. The summed E-state index contributed by atoms with van der Waals surface area (Å²) in [6.07, 6.45) is 2.29. The van der Waals surface area contributed by atoms with Crippen molar-refractivity contribution in [3.05, 3.63) is 63.7 Å². The number of fused-ring (bicyclic) bond motifs is 1. The summed E-state index contributed by atoms with van der Waals surface area (Å²) in [5.74, 6) is -2.68. The molecule has 0 fully saturated rings.